The smallest absolute Gasteiger partial charge is 0.133 e. The third kappa shape index (κ3) is 4.14. The SMILES string of the molecule is NCCCC(=O)CCc1ccccn1. The molecule has 0 bridgehead atoms. The van der Waals surface area contributed by atoms with E-state index in [4.69, 9.17) is 5.73 Å². The lowest BCUT2D eigenvalue weighted by molar-refractivity contribution is -0.119. The van der Waals surface area contributed by atoms with Crippen LogP contribution in [0.3, 0.4) is 0 Å². The molecule has 1 heterocycles. The molecular weight excluding hydrogens is 176 g/mol. The fourth-order valence-electron chi connectivity index (χ4n) is 1.24. The van der Waals surface area contributed by atoms with Gasteiger partial charge in [0.2, 0.25) is 0 Å². The van der Waals surface area contributed by atoms with Gasteiger partial charge in [-0.2, -0.15) is 0 Å². The highest BCUT2D eigenvalue weighted by Crippen LogP contribution is 2.01. The van der Waals surface area contributed by atoms with Crippen LogP contribution in [0.5, 0.6) is 0 Å². The predicted octanol–water partition coefficient (Wildman–Crippen LogP) is 1.32. The van der Waals surface area contributed by atoms with Crippen LogP contribution in [0.2, 0.25) is 0 Å². The summed E-state index contributed by atoms with van der Waals surface area (Å²) in [6.07, 6.45) is 4.46. The number of hydrogen-bond acceptors (Lipinski definition) is 3. The molecule has 0 aromatic carbocycles. The van der Waals surface area contributed by atoms with Gasteiger partial charge in [-0.05, 0) is 31.5 Å². The van der Waals surface area contributed by atoms with Crippen LogP contribution in [-0.2, 0) is 11.2 Å². The molecule has 0 spiro atoms. The Morgan fingerprint density at radius 1 is 1.36 bits per heavy atom. The summed E-state index contributed by atoms with van der Waals surface area (Å²) in [5.74, 6) is 0.279. The Hall–Kier alpha value is -1.22. The maximum absolute atomic E-state index is 11.3. The van der Waals surface area contributed by atoms with Crippen molar-refractivity contribution in [1.29, 1.82) is 0 Å². The first-order valence-electron chi connectivity index (χ1n) is 4.94. The van der Waals surface area contributed by atoms with Gasteiger partial charge >= 0.3 is 0 Å². The summed E-state index contributed by atoms with van der Waals surface area (Å²) in [4.78, 5) is 15.4. The molecule has 0 unspecified atom stereocenters. The number of pyridine rings is 1. The van der Waals surface area contributed by atoms with E-state index in [9.17, 15) is 4.79 Å². The average Bonchev–Trinajstić information content (AvgIpc) is 2.25. The molecule has 0 saturated heterocycles. The Labute approximate surface area is 84.3 Å². The molecule has 0 amide bonds. The molecule has 0 aliphatic heterocycles. The van der Waals surface area contributed by atoms with Gasteiger partial charge < -0.3 is 5.73 Å². The number of carbonyl (C=O) groups excluding carboxylic acids is 1. The van der Waals surface area contributed by atoms with Crippen molar-refractivity contribution >= 4 is 5.78 Å². The van der Waals surface area contributed by atoms with E-state index >= 15 is 0 Å². The Bertz CT molecular complexity index is 272. The number of rotatable bonds is 6. The van der Waals surface area contributed by atoms with Crippen molar-refractivity contribution in [1.82, 2.24) is 4.98 Å². The van der Waals surface area contributed by atoms with Crippen molar-refractivity contribution in [2.24, 2.45) is 5.73 Å². The lowest BCUT2D eigenvalue weighted by Crippen LogP contribution is -2.05. The number of hydrogen-bond donors (Lipinski definition) is 1. The summed E-state index contributed by atoms with van der Waals surface area (Å²) in [6, 6.07) is 5.75. The number of carbonyl (C=O) groups is 1. The second kappa shape index (κ2) is 6.27. The van der Waals surface area contributed by atoms with Gasteiger partial charge in [-0.3, -0.25) is 9.78 Å². The van der Waals surface area contributed by atoms with Crippen molar-refractivity contribution < 1.29 is 4.79 Å². The topological polar surface area (TPSA) is 56.0 Å². The molecule has 1 aromatic heterocycles. The number of nitrogens with zero attached hydrogens (tertiary/aromatic N) is 1. The number of Topliss-reactive ketones (excluding diaryl/α,β-unsaturated/α-hetero) is 1. The van der Waals surface area contributed by atoms with Gasteiger partial charge in [0.1, 0.15) is 5.78 Å². The van der Waals surface area contributed by atoms with Crippen LogP contribution >= 0.6 is 0 Å². The summed E-state index contributed by atoms with van der Waals surface area (Å²) < 4.78 is 0. The van der Waals surface area contributed by atoms with Crippen LogP contribution in [0.1, 0.15) is 25.0 Å². The molecule has 0 aliphatic carbocycles. The average molecular weight is 192 g/mol. The van der Waals surface area contributed by atoms with Gasteiger partial charge in [-0.25, -0.2) is 0 Å². The van der Waals surface area contributed by atoms with Crippen LogP contribution in [0.25, 0.3) is 0 Å². The maximum atomic E-state index is 11.3. The molecular formula is C11H16N2O. The van der Waals surface area contributed by atoms with E-state index in [2.05, 4.69) is 4.98 Å². The maximum Gasteiger partial charge on any atom is 0.133 e. The van der Waals surface area contributed by atoms with Gasteiger partial charge in [0.25, 0.3) is 0 Å². The summed E-state index contributed by atoms with van der Waals surface area (Å²) in [5, 5.41) is 0. The largest absolute Gasteiger partial charge is 0.330 e. The van der Waals surface area contributed by atoms with E-state index in [0.717, 1.165) is 18.5 Å². The molecule has 1 aromatic rings. The zero-order valence-corrected chi connectivity index (χ0v) is 8.28. The van der Waals surface area contributed by atoms with Crippen LogP contribution in [-0.4, -0.2) is 17.3 Å². The van der Waals surface area contributed by atoms with Crippen molar-refractivity contribution in [2.45, 2.75) is 25.7 Å². The van der Waals surface area contributed by atoms with Crippen LogP contribution in [0, 0.1) is 0 Å². The van der Waals surface area contributed by atoms with Crippen molar-refractivity contribution in [3.8, 4) is 0 Å². The summed E-state index contributed by atoms with van der Waals surface area (Å²) >= 11 is 0. The highest BCUT2D eigenvalue weighted by atomic mass is 16.1. The van der Waals surface area contributed by atoms with Crippen LogP contribution < -0.4 is 5.73 Å². The third-order valence-corrected chi connectivity index (χ3v) is 2.05. The summed E-state index contributed by atoms with van der Waals surface area (Å²) in [7, 11) is 0. The zero-order chi connectivity index (χ0) is 10.2. The summed E-state index contributed by atoms with van der Waals surface area (Å²) in [5.41, 5.74) is 6.30. The molecule has 76 valence electrons. The Morgan fingerprint density at radius 3 is 2.86 bits per heavy atom. The minimum Gasteiger partial charge on any atom is -0.330 e. The minimum absolute atomic E-state index is 0.279. The van der Waals surface area contributed by atoms with E-state index in [1.807, 2.05) is 18.2 Å². The van der Waals surface area contributed by atoms with Gasteiger partial charge in [0.05, 0.1) is 0 Å². The Morgan fingerprint density at radius 2 is 2.21 bits per heavy atom. The number of ketones is 1. The number of aromatic nitrogens is 1. The monoisotopic (exact) mass is 192 g/mol. The Kier molecular flexibility index (Phi) is 4.86. The van der Waals surface area contributed by atoms with Gasteiger partial charge in [0.15, 0.2) is 0 Å². The molecule has 0 aliphatic rings. The van der Waals surface area contributed by atoms with Gasteiger partial charge in [-0.15, -0.1) is 0 Å². The van der Waals surface area contributed by atoms with E-state index in [1.54, 1.807) is 6.20 Å². The van der Waals surface area contributed by atoms with E-state index < -0.39 is 0 Å². The highest BCUT2D eigenvalue weighted by molar-refractivity contribution is 5.78. The predicted molar refractivity (Wildman–Crippen MR) is 55.9 cm³/mol. The normalized spacial score (nSPS) is 10.1. The molecule has 3 heteroatoms. The molecule has 1 rings (SSSR count). The third-order valence-electron chi connectivity index (χ3n) is 2.05. The first-order valence-corrected chi connectivity index (χ1v) is 4.94. The fourth-order valence-corrected chi connectivity index (χ4v) is 1.24. The lowest BCUT2D eigenvalue weighted by atomic mass is 10.1. The van der Waals surface area contributed by atoms with E-state index in [-0.39, 0.29) is 5.78 Å². The minimum atomic E-state index is 0.279. The molecule has 0 fully saturated rings. The standard InChI is InChI=1S/C11H16N2O/c12-8-3-5-11(14)7-6-10-4-1-2-9-13-10/h1-2,4,9H,3,5-8,12H2. The zero-order valence-electron chi connectivity index (χ0n) is 8.28. The second-order valence-corrected chi connectivity index (χ2v) is 3.25. The van der Waals surface area contributed by atoms with Gasteiger partial charge in [0, 0.05) is 24.7 Å². The molecule has 14 heavy (non-hydrogen) atoms. The van der Waals surface area contributed by atoms with Crippen molar-refractivity contribution in [2.75, 3.05) is 6.54 Å². The number of nitrogens with two attached hydrogens (primary N) is 1. The molecule has 0 atom stereocenters. The molecule has 2 N–H and O–H groups in total. The van der Waals surface area contributed by atoms with E-state index in [0.29, 0.717) is 19.4 Å². The van der Waals surface area contributed by atoms with E-state index in [1.165, 1.54) is 0 Å². The molecule has 0 saturated carbocycles. The molecule has 0 radical (unpaired) electrons. The quantitative estimate of drug-likeness (QED) is 0.739. The van der Waals surface area contributed by atoms with Crippen LogP contribution in [0.4, 0.5) is 0 Å². The molecule has 3 nitrogen and oxygen atoms in total. The number of aryl methyl sites for hydroxylation is 1. The highest BCUT2D eigenvalue weighted by Gasteiger charge is 2.02. The van der Waals surface area contributed by atoms with Gasteiger partial charge in [-0.1, -0.05) is 6.07 Å². The fraction of sp³-hybridized carbons (Fsp3) is 0.455. The lowest BCUT2D eigenvalue weighted by Gasteiger charge is -1.99. The first kappa shape index (κ1) is 10.9. The van der Waals surface area contributed by atoms with Crippen molar-refractivity contribution in [3.05, 3.63) is 30.1 Å². The first-order chi connectivity index (χ1) is 6.83. The van der Waals surface area contributed by atoms with Crippen LogP contribution in [0.15, 0.2) is 24.4 Å². The van der Waals surface area contributed by atoms with Crippen molar-refractivity contribution in [3.63, 3.8) is 0 Å². The summed E-state index contributed by atoms with van der Waals surface area (Å²) in [6.45, 7) is 0.593. The Balaban J connectivity index is 2.24. The second-order valence-electron chi connectivity index (χ2n) is 3.25.